The fourth-order valence-electron chi connectivity index (χ4n) is 4.46. The predicted molar refractivity (Wildman–Crippen MR) is 155 cm³/mol. The number of carbonyl (C=O) groups is 2. The first kappa shape index (κ1) is 27.1. The van der Waals surface area contributed by atoms with Crippen molar-refractivity contribution in [3.8, 4) is 11.3 Å². The van der Waals surface area contributed by atoms with Gasteiger partial charge >= 0.3 is 0 Å². The summed E-state index contributed by atoms with van der Waals surface area (Å²) in [4.78, 5) is 25.9. The minimum Gasteiger partial charge on any atom is -0.457 e. The van der Waals surface area contributed by atoms with Gasteiger partial charge in [0.15, 0.2) is 5.11 Å². The van der Waals surface area contributed by atoms with E-state index in [2.05, 4.69) is 31.4 Å². The van der Waals surface area contributed by atoms with Gasteiger partial charge in [-0.05, 0) is 85.1 Å². The standard InChI is InChI=1S/C28H30ClN3O3S2/c1-15-5-6-16(13-20(15)29)21-11-8-18(35-21)9-12-23(33)31-27(36)32-26-24(25(30)34)19-10-7-17(28(2,3)4)14-22(19)37-26/h5-6,8-9,11-13,17H,7,10,14H2,1-4H3,(H2,30,34)(H2,31,32,33,36)/b12-9+/t17-/m1/s1. The number of thiocarbonyl (C=S) groups is 1. The molecule has 0 saturated carbocycles. The van der Waals surface area contributed by atoms with Gasteiger partial charge < -0.3 is 15.5 Å². The Kier molecular flexibility index (Phi) is 7.92. The Bertz CT molecular complexity index is 1400. The van der Waals surface area contributed by atoms with Crippen molar-refractivity contribution in [2.75, 3.05) is 5.32 Å². The molecule has 9 heteroatoms. The summed E-state index contributed by atoms with van der Waals surface area (Å²) in [6.07, 6.45) is 5.59. The number of nitrogens with one attached hydrogen (secondary N) is 2. The largest absolute Gasteiger partial charge is 0.457 e. The highest BCUT2D eigenvalue weighted by atomic mass is 35.5. The Morgan fingerprint density at radius 2 is 2.00 bits per heavy atom. The number of primary amides is 1. The maximum Gasteiger partial charge on any atom is 0.251 e. The van der Waals surface area contributed by atoms with E-state index in [-0.39, 0.29) is 10.5 Å². The molecule has 0 fully saturated rings. The van der Waals surface area contributed by atoms with E-state index in [0.29, 0.717) is 33.0 Å². The number of fused-ring (bicyclic) bond motifs is 1. The van der Waals surface area contributed by atoms with Crippen LogP contribution in [-0.4, -0.2) is 16.9 Å². The van der Waals surface area contributed by atoms with Gasteiger partial charge in [0.25, 0.3) is 5.91 Å². The van der Waals surface area contributed by atoms with Crippen LogP contribution in [-0.2, 0) is 17.6 Å². The van der Waals surface area contributed by atoms with E-state index in [1.54, 1.807) is 12.1 Å². The van der Waals surface area contributed by atoms with Crippen LogP contribution in [0.25, 0.3) is 17.4 Å². The van der Waals surface area contributed by atoms with E-state index in [9.17, 15) is 9.59 Å². The normalized spacial score (nSPS) is 15.4. The Hall–Kier alpha value is -2.94. The first-order chi connectivity index (χ1) is 17.4. The highest BCUT2D eigenvalue weighted by Gasteiger charge is 2.33. The topological polar surface area (TPSA) is 97.4 Å². The summed E-state index contributed by atoms with van der Waals surface area (Å²) in [5.41, 5.74) is 9.20. The van der Waals surface area contributed by atoms with E-state index in [1.807, 2.05) is 31.2 Å². The number of furan rings is 1. The number of thiophene rings is 1. The number of benzene rings is 1. The van der Waals surface area contributed by atoms with Gasteiger partial charge in [0.1, 0.15) is 16.5 Å². The number of nitrogens with two attached hydrogens (primary N) is 1. The summed E-state index contributed by atoms with van der Waals surface area (Å²) in [6.45, 7) is 8.66. The van der Waals surface area contributed by atoms with Crippen LogP contribution in [0.1, 0.15) is 59.3 Å². The molecule has 6 nitrogen and oxygen atoms in total. The minimum atomic E-state index is -0.494. The zero-order valence-corrected chi connectivity index (χ0v) is 23.6. The van der Waals surface area contributed by atoms with Crippen LogP contribution in [0, 0.1) is 18.3 Å². The zero-order chi connectivity index (χ0) is 26.9. The van der Waals surface area contributed by atoms with E-state index < -0.39 is 11.8 Å². The fourth-order valence-corrected chi connectivity index (χ4v) is 6.25. The van der Waals surface area contributed by atoms with E-state index in [1.165, 1.54) is 17.4 Å². The van der Waals surface area contributed by atoms with Crippen molar-refractivity contribution < 1.29 is 14.0 Å². The molecular formula is C28H30ClN3O3S2. The van der Waals surface area contributed by atoms with Crippen molar-refractivity contribution in [2.45, 2.75) is 47.0 Å². The number of hydrogen-bond donors (Lipinski definition) is 3. The van der Waals surface area contributed by atoms with Gasteiger partial charge in [-0.25, -0.2) is 0 Å². The van der Waals surface area contributed by atoms with Gasteiger partial charge in [0.05, 0.1) is 5.56 Å². The maximum absolute atomic E-state index is 12.5. The average molecular weight is 556 g/mol. The number of aryl methyl sites for hydroxylation is 1. The molecule has 2 heterocycles. The number of rotatable bonds is 5. The smallest absolute Gasteiger partial charge is 0.251 e. The van der Waals surface area contributed by atoms with Crippen LogP contribution in [0.4, 0.5) is 5.00 Å². The number of carbonyl (C=O) groups excluding carboxylic acids is 2. The molecule has 37 heavy (non-hydrogen) atoms. The molecule has 4 N–H and O–H groups in total. The van der Waals surface area contributed by atoms with Crippen molar-refractivity contribution in [1.82, 2.24) is 5.32 Å². The number of anilines is 1. The molecular weight excluding hydrogens is 526 g/mol. The third-order valence-corrected chi connectivity index (χ3v) is 8.46. The van der Waals surface area contributed by atoms with Gasteiger partial charge in [-0.2, -0.15) is 0 Å². The molecule has 1 aliphatic carbocycles. The van der Waals surface area contributed by atoms with Crippen LogP contribution < -0.4 is 16.4 Å². The minimum absolute atomic E-state index is 0.0950. The van der Waals surface area contributed by atoms with Crippen LogP contribution in [0.5, 0.6) is 0 Å². The third kappa shape index (κ3) is 6.32. The Labute approximate surface area is 231 Å². The predicted octanol–water partition coefficient (Wildman–Crippen LogP) is 6.75. The first-order valence-electron chi connectivity index (χ1n) is 12.0. The fraction of sp³-hybridized carbons (Fsp3) is 0.321. The van der Waals surface area contributed by atoms with E-state index in [4.69, 9.17) is 34.0 Å². The molecule has 194 valence electrons. The highest BCUT2D eigenvalue weighted by molar-refractivity contribution is 7.80. The maximum atomic E-state index is 12.5. The molecule has 4 rings (SSSR count). The summed E-state index contributed by atoms with van der Waals surface area (Å²) in [5, 5.41) is 6.97. The summed E-state index contributed by atoms with van der Waals surface area (Å²) < 4.78 is 5.81. The van der Waals surface area contributed by atoms with Crippen LogP contribution in [0.15, 0.2) is 40.8 Å². The summed E-state index contributed by atoms with van der Waals surface area (Å²) in [6, 6.07) is 9.28. The van der Waals surface area contributed by atoms with Crippen LogP contribution in [0.3, 0.4) is 0 Å². The highest BCUT2D eigenvalue weighted by Crippen LogP contribution is 2.44. The first-order valence-corrected chi connectivity index (χ1v) is 13.6. The lowest BCUT2D eigenvalue weighted by Crippen LogP contribution is -2.33. The molecule has 0 aliphatic heterocycles. The molecule has 0 saturated heterocycles. The lowest BCUT2D eigenvalue weighted by molar-refractivity contribution is -0.115. The van der Waals surface area contributed by atoms with Gasteiger partial charge in [-0.3, -0.25) is 14.9 Å². The molecule has 2 amide bonds. The molecule has 3 aromatic rings. The van der Waals surface area contributed by atoms with Crippen molar-refractivity contribution >= 4 is 63.2 Å². The van der Waals surface area contributed by atoms with Crippen LogP contribution >= 0.6 is 35.2 Å². The Morgan fingerprint density at radius 1 is 1.24 bits per heavy atom. The molecule has 0 spiro atoms. The van der Waals surface area contributed by atoms with E-state index >= 15 is 0 Å². The molecule has 1 aromatic carbocycles. The lowest BCUT2D eigenvalue weighted by Gasteiger charge is -2.33. The van der Waals surface area contributed by atoms with Gasteiger partial charge in [-0.15, -0.1) is 11.3 Å². The van der Waals surface area contributed by atoms with Crippen molar-refractivity contribution in [1.29, 1.82) is 0 Å². The second kappa shape index (κ2) is 10.8. The molecule has 1 aliphatic rings. The summed E-state index contributed by atoms with van der Waals surface area (Å²) in [7, 11) is 0. The number of amides is 2. The zero-order valence-electron chi connectivity index (χ0n) is 21.2. The Morgan fingerprint density at radius 3 is 2.68 bits per heavy atom. The molecule has 1 atom stereocenters. The van der Waals surface area contributed by atoms with Crippen molar-refractivity contribution in [3.63, 3.8) is 0 Å². The van der Waals surface area contributed by atoms with Crippen molar-refractivity contribution in [2.24, 2.45) is 17.1 Å². The lowest BCUT2D eigenvalue weighted by atomic mass is 9.72. The summed E-state index contributed by atoms with van der Waals surface area (Å²) >= 11 is 13.0. The summed E-state index contributed by atoms with van der Waals surface area (Å²) in [5.74, 6) is 0.758. The van der Waals surface area contributed by atoms with Gasteiger partial charge in [0, 0.05) is 21.5 Å². The molecule has 0 radical (unpaired) electrons. The number of hydrogen-bond acceptors (Lipinski definition) is 5. The van der Waals surface area contributed by atoms with E-state index in [0.717, 1.165) is 40.8 Å². The molecule has 2 aromatic heterocycles. The van der Waals surface area contributed by atoms with Crippen molar-refractivity contribution in [3.05, 3.63) is 68.8 Å². The molecule has 0 bridgehead atoms. The van der Waals surface area contributed by atoms with Crippen LogP contribution in [0.2, 0.25) is 5.02 Å². The second-order valence-corrected chi connectivity index (χ2v) is 12.2. The Balaban J connectivity index is 1.40. The quantitative estimate of drug-likeness (QED) is 0.239. The monoisotopic (exact) mass is 555 g/mol. The third-order valence-electron chi connectivity index (χ3n) is 6.68. The number of halogens is 1. The van der Waals surface area contributed by atoms with Gasteiger partial charge in [-0.1, -0.05) is 44.5 Å². The average Bonchev–Trinajstić information content (AvgIpc) is 3.42. The van der Waals surface area contributed by atoms with Gasteiger partial charge in [0.2, 0.25) is 5.91 Å². The molecule has 0 unspecified atom stereocenters. The SMILES string of the molecule is Cc1ccc(-c2ccc(/C=C/C(=O)NC(=S)Nc3sc4c(c3C(N)=O)CC[C@@H](C(C)(C)C)C4)o2)cc1Cl. The second-order valence-electron chi connectivity index (χ2n) is 10.3.